The molecule has 2 unspecified atom stereocenters. The monoisotopic (exact) mass is 336 g/mol. The molecular weight excluding hydrogens is 317 g/mol. The third kappa shape index (κ3) is 4.12. The fourth-order valence-corrected chi connectivity index (χ4v) is 2.15. The first-order chi connectivity index (χ1) is 10.0. The molecule has 0 bridgehead atoms. The highest BCUT2D eigenvalue weighted by Crippen LogP contribution is 2.59. The van der Waals surface area contributed by atoms with Crippen molar-refractivity contribution in [2.75, 3.05) is 0 Å². The number of ether oxygens (including phenoxy) is 1. The zero-order valence-electron chi connectivity index (χ0n) is 12.5. The zero-order chi connectivity index (χ0) is 17.1. The van der Waals surface area contributed by atoms with Gasteiger partial charge in [-0.1, -0.05) is 31.2 Å². The lowest BCUT2D eigenvalue weighted by atomic mass is 10.00. The maximum atomic E-state index is 13.5. The summed E-state index contributed by atoms with van der Waals surface area (Å²) in [6.45, 7) is 5.18. The van der Waals surface area contributed by atoms with Crippen LogP contribution in [-0.2, 0) is 19.8 Å². The second-order valence-corrected chi connectivity index (χ2v) is 6.73. The van der Waals surface area contributed by atoms with E-state index in [1.54, 1.807) is 13.8 Å². The van der Waals surface area contributed by atoms with Crippen LogP contribution in [0.1, 0.15) is 44.2 Å². The average molecular weight is 336 g/mol. The zero-order valence-corrected chi connectivity index (χ0v) is 13.4. The van der Waals surface area contributed by atoms with E-state index in [-0.39, 0.29) is 6.10 Å². The van der Waals surface area contributed by atoms with Crippen molar-refractivity contribution in [2.24, 2.45) is 0 Å². The molecule has 1 rings (SSSR count). The first-order valence-corrected chi connectivity index (χ1v) is 8.36. The molecule has 1 aromatic carbocycles. The van der Waals surface area contributed by atoms with Crippen LogP contribution in [0.15, 0.2) is 24.3 Å². The number of carbonyl (C=O) groups excluding carboxylic acids is 1. The van der Waals surface area contributed by atoms with E-state index in [1.165, 1.54) is 12.1 Å². The smallest absolute Gasteiger partial charge is 0.399 e. The van der Waals surface area contributed by atoms with Gasteiger partial charge in [-0.15, -0.1) is 0 Å². The highest BCUT2D eigenvalue weighted by molar-refractivity contribution is 7.52. The van der Waals surface area contributed by atoms with E-state index in [9.17, 15) is 18.1 Å². The Kier molecular flexibility index (Phi) is 5.84. The summed E-state index contributed by atoms with van der Waals surface area (Å²) in [5, 5.41) is 0. The topological polar surface area (TPSA) is 83.8 Å². The average Bonchev–Trinajstić information content (AvgIpc) is 2.45. The van der Waals surface area contributed by atoms with Gasteiger partial charge in [0.05, 0.1) is 12.0 Å². The number of alkyl halides is 2. The molecule has 1 aromatic rings. The summed E-state index contributed by atoms with van der Waals surface area (Å²) in [5.41, 5.74) is -4.63. The number of hydrogen-bond acceptors (Lipinski definition) is 3. The number of hydrogen-bond donors (Lipinski definition) is 2. The Hall–Kier alpha value is -1.30. The van der Waals surface area contributed by atoms with E-state index in [0.29, 0.717) is 12.0 Å². The summed E-state index contributed by atoms with van der Waals surface area (Å²) in [5.74, 6) is -1.14. The fourth-order valence-electron chi connectivity index (χ4n) is 1.66. The molecule has 0 aliphatic heterocycles. The van der Waals surface area contributed by atoms with Crippen molar-refractivity contribution in [2.45, 2.75) is 44.9 Å². The molecule has 0 aliphatic carbocycles. The molecule has 2 N–H and O–H groups in total. The minimum atomic E-state index is -5.60. The first kappa shape index (κ1) is 18.7. The molecule has 0 spiro atoms. The third-order valence-corrected chi connectivity index (χ3v) is 4.36. The van der Waals surface area contributed by atoms with Crippen LogP contribution < -0.4 is 0 Å². The molecule has 8 heteroatoms. The summed E-state index contributed by atoms with van der Waals surface area (Å²) >= 11 is 0. The predicted molar refractivity (Wildman–Crippen MR) is 76.6 cm³/mol. The number of benzene rings is 1. The van der Waals surface area contributed by atoms with Gasteiger partial charge in [0.25, 0.3) is 0 Å². The Balaban J connectivity index is 2.94. The number of carbonyl (C=O) groups is 1. The molecule has 0 fully saturated rings. The molecule has 0 radical (unpaired) electrons. The summed E-state index contributed by atoms with van der Waals surface area (Å²) in [7, 11) is -5.60. The Morgan fingerprint density at radius 2 is 1.77 bits per heavy atom. The predicted octanol–water partition coefficient (Wildman–Crippen LogP) is 3.36. The molecule has 124 valence electrons. The van der Waals surface area contributed by atoms with Crippen molar-refractivity contribution in [3.8, 4) is 0 Å². The summed E-state index contributed by atoms with van der Waals surface area (Å²) < 4.78 is 43.0. The molecule has 2 atom stereocenters. The molecule has 0 aromatic heterocycles. The summed E-state index contributed by atoms with van der Waals surface area (Å²) in [6, 6.07) is 4.28. The van der Waals surface area contributed by atoms with Crippen LogP contribution in [0.5, 0.6) is 0 Å². The lowest BCUT2D eigenvalue weighted by Crippen LogP contribution is -2.19. The minimum Gasteiger partial charge on any atom is -0.462 e. The molecule has 0 amide bonds. The van der Waals surface area contributed by atoms with Gasteiger partial charge in [-0.2, -0.15) is 8.78 Å². The van der Waals surface area contributed by atoms with Gasteiger partial charge < -0.3 is 14.5 Å². The molecule has 5 nitrogen and oxygen atoms in total. The molecule has 0 saturated heterocycles. The molecule has 22 heavy (non-hydrogen) atoms. The molecule has 0 saturated carbocycles. The molecule has 0 heterocycles. The van der Waals surface area contributed by atoms with Crippen molar-refractivity contribution in [3.05, 3.63) is 35.4 Å². The van der Waals surface area contributed by atoms with Crippen LogP contribution in [0.3, 0.4) is 0 Å². The number of rotatable bonds is 6. The van der Waals surface area contributed by atoms with Crippen LogP contribution in [0.2, 0.25) is 0 Å². The maximum absolute atomic E-state index is 13.5. The Bertz CT molecular complexity index is 567. The Labute approximate surface area is 127 Å². The normalized spacial score (nSPS) is 15.2. The minimum absolute atomic E-state index is 0.242. The van der Waals surface area contributed by atoms with Gasteiger partial charge in [0.1, 0.15) is 0 Å². The van der Waals surface area contributed by atoms with Gasteiger partial charge in [0.2, 0.25) is 0 Å². The van der Waals surface area contributed by atoms with Crippen LogP contribution in [-0.4, -0.2) is 21.9 Å². The van der Waals surface area contributed by atoms with E-state index in [0.717, 1.165) is 12.1 Å². The summed E-state index contributed by atoms with van der Waals surface area (Å²) in [6.07, 6.45) is 0.416. The van der Waals surface area contributed by atoms with Crippen molar-refractivity contribution < 1.29 is 32.7 Å². The quantitative estimate of drug-likeness (QED) is 0.615. The SMILES string of the molecule is CCC(C)OC(=O)C(C)c1ccc(C(F)(F)P(=O)(O)O)cc1. The van der Waals surface area contributed by atoms with E-state index in [1.807, 2.05) is 6.92 Å². The fraction of sp³-hybridized carbons (Fsp3) is 0.500. The van der Waals surface area contributed by atoms with Crippen LogP contribution in [0.25, 0.3) is 0 Å². The molecular formula is C14H19F2O5P. The second kappa shape index (κ2) is 6.86. The Morgan fingerprint density at radius 3 is 2.18 bits per heavy atom. The van der Waals surface area contributed by atoms with E-state index in [2.05, 4.69) is 0 Å². The van der Waals surface area contributed by atoms with Crippen molar-refractivity contribution in [1.82, 2.24) is 0 Å². The van der Waals surface area contributed by atoms with Gasteiger partial charge in [-0.05, 0) is 25.8 Å². The van der Waals surface area contributed by atoms with Gasteiger partial charge >= 0.3 is 19.2 Å². The standard InChI is InChI=1S/C14H19F2O5P/c1-4-9(2)21-13(17)10(3)11-5-7-12(8-6-11)14(15,16)22(18,19)20/h5-10H,4H2,1-3H3,(H2,18,19,20). The molecule has 0 aliphatic rings. The van der Waals surface area contributed by atoms with Gasteiger partial charge in [0, 0.05) is 5.56 Å². The van der Waals surface area contributed by atoms with Gasteiger partial charge in [0.15, 0.2) is 0 Å². The van der Waals surface area contributed by atoms with E-state index < -0.39 is 30.7 Å². The lowest BCUT2D eigenvalue weighted by molar-refractivity contribution is -0.149. The number of esters is 1. The second-order valence-electron chi connectivity index (χ2n) is 5.08. The highest BCUT2D eigenvalue weighted by Gasteiger charge is 2.50. The van der Waals surface area contributed by atoms with Crippen LogP contribution in [0.4, 0.5) is 8.78 Å². The van der Waals surface area contributed by atoms with Crippen molar-refractivity contribution in [1.29, 1.82) is 0 Å². The summed E-state index contributed by atoms with van der Waals surface area (Å²) in [4.78, 5) is 29.2. The first-order valence-electron chi connectivity index (χ1n) is 6.75. The Morgan fingerprint density at radius 1 is 1.27 bits per heavy atom. The van der Waals surface area contributed by atoms with Gasteiger partial charge in [-0.25, -0.2) is 0 Å². The van der Waals surface area contributed by atoms with Crippen molar-refractivity contribution in [3.63, 3.8) is 0 Å². The largest absolute Gasteiger partial charge is 0.462 e. The highest BCUT2D eigenvalue weighted by atomic mass is 31.2. The lowest BCUT2D eigenvalue weighted by Gasteiger charge is -2.19. The van der Waals surface area contributed by atoms with Crippen molar-refractivity contribution >= 4 is 13.6 Å². The maximum Gasteiger partial charge on any atom is 0.399 e. The van der Waals surface area contributed by atoms with Crippen LogP contribution in [0, 0.1) is 0 Å². The third-order valence-electron chi connectivity index (χ3n) is 3.37. The van der Waals surface area contributed by atoms with Crippen LogP contribution >= 0.6 is 7.60 Å². The van der Waals surface area contributed by atoms with E-state index >= 15 is 0 Å². The van der Waals surface area contributed by atoms with Gasteiger partial charge in [-0.3, -0.25) is 9.36 Å². The number of halogens is 2. The van der Waals surface area contributed by atoms with E-state index in [4.69, 9.17) is 14.5 Å².